The number of hydrogen-bond acceptors (Lipinski definition) is 7. The summed E-state index contributed by atoms with van der Waals surface area (Å²) in [6, 6.07) is 5.08. The molecule has 3 rings (SSSR count). The van der Waals surface area contributed by atoms with Gasteiger partial charge < -0.3 is 19.2 Å². The van der Waals surface area contributed by atoms with Crippen LogP contribution in [-0.4, -0.2) is 49.9 Å². The zero-order valence-corrected chi connectivity index (χ0v) is 14.3. The van der Waals surface area contributed by atoms with E-state index in [2.05, 4.69) is 10.3 Å². The lowest BCUT2D eigenvalue weighted by molar-refractivity contribution is 0.0602. The molecule has 8 heteroatoms. The van der Waals surface area contributed by atoms with Crippen LogP contribution in [0.15, 0.2) is 22.6 Å². The summed E-state index contributed by atoms with van der Waals surface area (Å²) in [5.41, 5.74) is 1.06. The Morgan fingerprint density at radius 2 is 2.12 bits per heavy atom. The van der Waals surface area contributed by atoms with Crippen molar-refractivity contribution in [3.05, 3.63) is 23.8 Å². The van der Waals surface area contributed by atoms with Crippen LogP contribution >= 0.6 is 0 Å². The summed E-state index contributed by atoms with van der Waals surface area (Å²) in [7, 11) is 1.30. The highest BCUT2D eigenvalue weighted by Gasteiger charge is 2.32. The maximum Gasteiger partial charge on any atom is 0.418 e. The van der Waals surface area contributed by atoms with Gasteiger partial charge >= 0.3 is 18.1 Å². The molecule has 0 saturated carbocycles. The second-order valence-electron chi connectivity index (χ2n) is 5.69. The molecule has 0 radical (unpaired) electrons. The van der Waals surface area contributed by atoms with E-state index in [1.807, 2.05) is 0 Å². The zero-order chi connectivity index (χ0) is 17.8. The second-order valence-corrected chi connectivity index (χ2v) is 5.69. The number of rotatable bonds is 4. The molecule has 0 atom stereocenters. The first kappa shape index (κ1) is 17.2. The maximum absolute atomic E-state index is 12.5. The Kier molecular flexibility index (Phi) is 5.18. The first-order chi connectivity index (χ1) is 12.2. The van der Waals surface area contributed by atoms with Crippen molar-refractivity contribution in [2.24, 2.45) is 0 Å². The minimum atomic E-state index is -0.516. The van der Waals surface area contributed by atoms with Crippen LogP contribution in [-0.2, 0) is 9.47 Å². The van der Waals surface area contributed by atoms with Gasteiger partial charge in [0.05, 0.1) is 13.7 Å². The summed E-state index contributed by atoms with van der Waals surface area (Å²) in [4.78, 5) is 30.3. The molecule has 25 heavy (non-hydrogen) atoms. The second kappa shape index (κ2) is 7.52. The number of carbonyl (C=O) groups excluding carboxylic acids is 2. The molecule has 0 spiro atoms. The molecule has 1 aromatic heterocycles. The van der Waals surface area contributed by atoms with Crippen LogP contribution in [0, 0.1) is 0 Å². The Balaban J connectivity index is 2.03. The Morgan fingerprint density at radius 1 is 1.36 bits per heavy atom. The van der Waals surface area contributed by atoms with Crippen LogP contribution in [0.5, 0.6) is 0 Å². The lowest BCUT2D eigenvalue weighted by Gasteiger charge is -2.30. The summed E-state index contributed by atoms with van der Waals surface area (Å²) >= 11 is 0. The Bertz CT molecular complexity index is 767. The van der Waals surface area contributed by atoms with Crippen molar-refractivity contribution >= 4 is 29.2 Å². The fourth-order valence-electron chi connectivity index (χ4n) is 2.95. The highest BCUT2D eigenvalue weighted by Crippen LogP contribution is 2.29. The fourth-order valence-corrected chi connectivity index (χ4v) is 2.95. The first-order valence-electron chi connectivity index (χ1n) is 8.30. The smallest absolute Gasteiger partial charge is 0.418 e. The molecular weight excluding hydrogens is 326 g/mol. The number of aromatic nitrogens is 1. The number of nitrogens with one attached hydrogen (secondary N) is 1. The Labute approximate surface area is 145 Å². The van der Waals surface area contributed by atoms with Crippen LogP contribution in [0.25, 0.3) is 11.1 Å². The van der Waals surface area contributed by atoms with Crippen molar-refractivity contribution in [2.75, 3.05) is 31.7 Å². The third-order valence-electron chi connectivity index (χ3n) is 4.15. The SMILES string of the molecule is CCOC(=O)N(c1nc2cccc(C(=O)OC)c2o1)C1CCNCC1. The molecular formula is C17H21N3O5. The van der Waals surface area contributed by atoms with Gasteiger partial charge in [-0.3, -0.25) is 0 Å². The third-order valence-corrected chi connectivity index (χ3v) is 4.15. The summed E-state index contributed by atoms with van der Waals surface area (Å²) in [6.45, 7) is 3.61. The standard InChI is InChI=1S/C17H21N3O5/c1-3-24-17(22)20(11-7-9-18-10-8-11)16-19-13-6-4-5-12(14(13)25-16)15(21)23-2/h4-6,11,18H,3,7-10H2,1-2H3. The summed E-state index contributed by atoms with van der Waals surface area (Å²) in [5, 5.41) is 3.26. The van der Waals surface area contributed by atoms with E-state index in [1.165, 1.54) is 12.0 Å². The molecule has 0 bridgehead atoms. The van der Waals surface area contributed by atoms with Crippen molar-refractivity contribution in [2.45, 2.75) is 25.8 Å². The Morgan fingerprint density at radius 3 is 2.80 bits per heavy atom. The number of fused-ring (bicyclic) bond motifs is 1. The topological polar surface area (TPSA) is 93.9 Å². The van der Waals surface area contributed by atoms with Gasteiger partial charge in [-0.2, -0.15) is 4.98 Å². The van der Waals surface area contributed by atoms with Crippen molar-refractivity contribution in [1.29, 1.82) is 0 Å². The molecule has 1 aromatic carbocycles. The predicted molar refractivity (Wildman–Crippen MR) is 90.7 cm³/mol. The largest absolute Gasteiger partial charge is 0.465 e. The lowest BCUT2D eigenvalue weighted by Crippen LogP contribution is -2.46. The molecule has 8 nitrogen and oxygen atoms in total. The average molecular weight is 347 g/mol. The number of esters is 1. The van der Waals surface area contributed by atoms with Gasteiger partial charge in [0.15, 0.2) is 5.58 Å². The number of benzene rings is 1. The number of carbonyl (C=O) groups is 2. The van der Waals surface area contributed by atoms with E-state index in [0.29, 0.717) is 11.1 Å². The molecule has 2 heterocycles. The van der Waals surface area contributed by atoms with E-state index < -0.39 is 12.1 Å². The molecule has 0 unspecified atom stereocenters. The molecule has 2 aromatic rings. The van der Waals surface area contributed by atoms with Gasteiger partial charge in [-0.1, -0.05) is 6.07 Å². The maximum atomic E-state index is 12.5. The molecule has 0 aliphatic carbocycles. The fraction of sp³-hybridized carbons (Fsp3) is 0.471. The summed E-state index contributed by atoms with van der Waals surface area (Å²) in [6.07, 6.45) is 1.03. The van der Waals surface area contributed by atoms with E-state index in [1.54, 1.807) is 25.1 Å². The Hall–Kier alpha value is -2.61. The molecule has 1 aliphatic rings. The van der Waals surface area contributed by atoms with Crippen LogP contribution in [0.3, 0.4) is 0 Å². The highest BCUT2D eigenvalue weighted by molar-refractivity contribution is 6.01. The number of methoxy groups -OCH3 is 1. The average Bonchev–Trinajstić information content (AvgIpc) is 3.05. The van der Waals surface area contributed by atoms with E-state index in [9.17, 15) is 9.59 Å². The van der Waals surface area contributed by atoms with Crippen molar-refractivity contribution in [1.82, 2.24) is 10.3 Å². The molecule has 134 valence electrons. The van der Waals surface area contributed by atoms with Gasteiger partial charge in [-0.15, -0.1) is 0 Å². The number of piperidine rings is 1. The molecule has 1 N–H and O–H groups in total. The number of ether oxygens (including phenoxy) is 2. The van der Waals surface area contributed by atoms with Crippen LogP contribution in [0.1, 0.15) is 30.1 Å². The van der Waals surface area contributed by atoms with Crippen molar-refractivity contribution < 1.29 is 23.5 Å². The van der Waals surface area contributed by atoms with Crippen LogP contribution in [0.4, 0.5) is 10.8 Å². The lowest BCUT2D eigenvalue weighted by atomic mass is 10.1. The van der Waals surface area contributed by atoms with Gasteiger partial charge in [0.1, 0.15) is 11.1 Å². The third kappa shape index (κ3) is 3.43. The number of hydrogen-bond donors (Lipinski definition) is 1. The number of nitrogens with zero attached hydrogens (tertiary/aromatic N) is 2. The van der Waals surface area contributed by atoms with Gasteiger partial charge in [-0.25, -0.2) is 14.5 Å². The molecule has 1 aliphatic heterocycles. The summed E-state index contributed by atoms with van der Waals surface area (Å²) in [5.74, 6) is -0.516. The van der Waals surface area contributed by atoms with Gasteiger partial charge in [0, 0.05) is 6.04 Å². The number of oxazole rings is 1. The minimum Gasteiger partial charge on any atom is -0.465 e. The van der Waals surface area contributed by atoms with E-state index >= 15 is 0 Å². The van der Waals surface area contributed by atoms with Crippen molar-refractivity contribution in [3.8, 4) is 0 Å². The minimum absolute atomic E-state index is 0.0741. The number of para-hydroxylation sites is 1. The van der Waals surface area contributed by atoms with Crippen LogP contribution in [0.2, 0.25) is 0 Å². The van der Waals surface area contributed by atoms with Crippen molar-refractivity contribution in [3.63, 3.8) is 0 Å². The molecule has 1 amide bonds. The van der Waals surface area contributed by atoms with Gasteiger partial charge in [0.2, 0.25) is 0 Å². The summed E-state index contributed by atoms with van der Waals surface area (Å²) < 4.78 is 15.8. The number of amides is 1. The molecule has 1 fully saturated rings. The molecule has 1 saturated heterocycles. The van der Waals surface area contributed by atoms with E-state index in [4.69, 9.17) is 13.9 Å². The van der Waals surface area contributed by atoms with Gasteiger partial charge in [0.25, 0.3) is 0 Å². The quantitative estimate of drug-likeness (QED) is 0.848. The monoisotopic (exact) mass is 347 g/mol. The zero-order valence-electron chi connectivity index (χ0n) is 14.3. The van der Waals surface area contributed by atoms with Crippen LogP contribution < -0.4 is 10.2 Å². The van der Waals surface area contributed by atoms with Gasteiger partial charge in [-0.05, 0) is 45.0 Å². The first-order valence-corrected chi connectivity index (χ1v) is 8.30. The van der Waals surface area contributed by atoms with E-state index in [-0.39, 0.29) is 24.2 Å². The predicted octanol–water partition coefficient (Wildman–Crippen LogP) is 2.33. The number of anilines is 1. The normalized spacial score (nSPS) is 15.1. The van der Waals surface area contributed by atoms with E-state index in [0.717, 1.165) is 25.9 Å². The highest BCUT2D eigenvalue weighted by atomic mass is 16.6.